The third kappa shape index (κ3) is 4.12. The second kappa shape index (κ2) is 5.62. The second-order valence-corrected chi connectivity index (χ2v) is 7.05. The van der Waals surface area contributed by atoms with E-state index in [-0.39, 0.29) is 0 Å². The average Bonchev–Trinajstić information content (AvgIpc) is 2.92. The molecular weight excluding hydrogens is 258 g/mol. The lowest BCUT2D eigenvalue weighted by Crippen LogP contribution is -2.44. The number of alkyl carbamates (subject to hydrolysis) is 1. The van der Waals surface area contributed by atoms with Crippen molar-refractivity contribution in [3.05, 3.63) is 0 Å². The van der Waals surface area contributed by atoms with Crippen molar-refractivity contribution < 1.29 is 19.1 Å². The smallest absolute Gasteiger partial charge is 0.408 e. The van der Waals surface area contributed by atoms with Gasteiger partial charge in [0.1, 0.15) is 11.6 Å². The number of carbonyl (C=O) groups excluding carboxylic acids is 2. The molecule has 0 saturated heterocycles. The summed E-state index contributed by atoms with van der Waals surface area (Å²) in [5, 5.41) is 2.65. The van der Waals surface area contributed by atoms with Crippen molar-refractivity contribution in [3.63, 3.8) is 0 Å². The highest BCUT2D eigenvalue weighted by atomic mass is 16.6. The molecule has 2 aliphatic carbocycles. The molecule has 5 nitrogen and oxygen atoms in total. The van der Waals surface area contributed by atoms with Gasteiger partial charge in [0.05, 0.1) is 7.11 Å². The Hall–Kier alpha value is -1.26. The fourth-order valence-corrected chi connectivity index (χ4v) is 3.17. The number of esters is 1. The molecule has 1 N–H and O–H groups in total. The standard InChI is InChI=1S/C15H25NO4/c1-15(2,3)20-14(18)16-12(13(17)19-4)7-9-5-10-8-11(10)6-9/h9-12H,5-8H2,1-4H3,(H,16,18)/t9?,10-,11+,12-/m0/s1. The van der Waals surface area contributed by atoms with Crippen molar-refractivity contribution in [1.82, 2.24) is 5.32 Å². The van der Waals surface area contributed by atoms with Crippen LogP contribution in [0.4, 0.5) is 4.79 Å². The number of rotatable bonds is 4. The fourth-order valence-electron chi connectivity index (χ4n) is 3.17. The Kier molecular flexibility index (Phi) is 4.25. The first-order chi connectivity index (χ1) is 9.28. The van der Waals surface area contributed by atoms with Gasteiger partial charge in [-0.1, -0.05) is 0 Å². The zero-order valence-corrected chi connectivity index (χ0v) is 12.8. The van der Waals surface area contributed by atoms with Gasteiger partial charge in [0.2, 0.25) is 0 Å². The van der Waals surface area contributed by atoms with Crippen LogP contribution in [-0.4, -0.2) is 30.8 Å². The molecule has 20 heavy (non-hydrogen) atoms. The molecule has 0 aliphatic heterocycles. The van der Waals surface area contributed by atoms with Crippen LogP contribution in [0.1, 0.15) is 46.5 Å². The van der Waals surface area contributed by atoms with Crippen molar-refractivity contribution in [3.8, 4) is 0 Å². The maximum absolute atomic E-state index is 11.8. The number of hydrogen-bond acceptors (Lipinski definition) is 4. The quantitative estimate of drug-likeness (QED) is 0.805. The van der Waals surface area contributed by atoms with Gasteiger partial charge in [-0.3, -0.25) is 0 Å². The summed E-state index contributed by atoms with van der Waals surface area (Å²) in [5.41, 5.74) is -0.570. The normalized spacial score (nSPS) is 29.3. The second-order valence-electron chi connectivity index (χ2n) is 7.05. The van der Waals surface area contributed by atoms with E-state index in [4.69, 9.17) is 9.47 Å². The van der Waals surface area contributed by atoms with Crippen molar-refractivity contribution >= 4 is 12.1 Å². The Bertz CT molecular complexity index is 378. The third-order valence-electron chi connectivity index (χ3n) is 4.09. The molecule has 5 heteroatoms. The first kappa shape index (κ1) is 15.1. The highest BCUT2D eigenvalue weighted by Gasteiger charge is 2.46. The Morgan fingerprint density at radius 2 is 1.80 bits per heavy atom. The lowest BCUT2D eigenvalue weighted by Gasteiger charge is -2.24. The van der Waals surface area contributed by atoms with Gasteiger partial charge in [-0.25, -0.2) is 9.59 Å². The molecule has 2 fully saturated rings. The number of ether oxygens (including phenoxy) is 2. The highest BCUT2D eigenvalue weighted by Crippen LogP contribution is 2.55. The van der Waals surface area contributed by atoms with Crippen molar-refractivity contribution in [2.45, 2.75) is 58.1 Å². The zero-order chi connectivity index (χ0) is 14.9. The molecule has 2 aliphatic rings. The van der Waals surface area contributed by atoms with Crippen LogP contribution >= 0.6 is 0 Å². The van der Waals surface area contributed by atoms with Crippen molar-refractivity contribution in [1.29, 1.82) is 0 Å². The molecule has 114 valence electrons. The number of nitrogens with one attached hydrogen (secondary N) is 1. The van der Waals surface area contributed by atoms with E-state index in [0.717, 1.165) is 11.8 Å². The molecule has 1 unspecified atom stereocenters. The Balaban J connectivity index is 1.86. The average molecular weight is 283 g/mol. The summed E-state index contributed by atoms with van der Waals surface area (Å²) in [5.74, 6) is 1.84. The van der Waals surface area contributed by atoms with Gasteiger partial charge in [-0.2, -0.15) is 0 Å². The van der Waals surface area contributed by atoms with Crippen LogP contribution in [-0.2, 0) is 14.3 Å². The van der Waals surface area contributed by atoms with E-state index in [1.54, 1.807) is 20.8 Å². The lowest BCUT2D eigenvalue weighted by atomic mass is 9.95. The van der Waals surface area contributed by atoms with Crippen LogP contribution in [0.25, 0.3) is 0 Å². The molecule has 4 atom stereocenters. The van der Waals surface area contributed by atoms with E-state index < -0.39 is 23.7 Å². The summed E-state index contributed by atoms with van der Waals surface area (Å²) in [7, 11) is 1.35. The van der Waals surface area contributed by atoms with E-state index in [1.165, 1.54) is 26.4 Å². The number of methoxy groups -OCH3 is 1. The third-order valence-corrected chi connectivity index (χ3v) is 4.09. The number of fused-ring (bicyclic) bond motifs is 1. The highest BCUT2D eigenvalue weighted by molar-refractivity contribution is 5.81. The molecule has 0 spiro atoms. The van der Waals surface area contributed by atoms with E-state index in [1.807, 2.05) is 0 Å². The van der Waals surface area contributed by atoms with Crippen molar-refractivity contribution in [2.75, 3.05) is 7.11 Å². The zero-order valence-electron chi connectivity index (χ0n) is 12.8. The Morgan fingerprint density at radius 1 is 1.20 bits per heavy atom. The number of amides is 1. The molecule has 0 heterocycles. The van der Waals surface area contributed by atoms with Gasteiger partial charge in [0.25, 0.3) is 0 Å². The summed E-state index contributed by atoms with van der Waals surface area (Å²) >= 11 is 0. The maximum Gasteiger partial charge on any atom is 0.408 e. The van der Waals surface area contributed by atoms with E-state index >= 15 is 0 Å². The van der Waals surface area contributed by atoms with Crippen molar-refractivity contribution in [2.24, 2.45) is 17.8 Å². The van der Waals surface area contributed by atoms with Gasteiger partial charge >= 0.3 is 12.1 Å². The number of carbonyl (C=O) groups is 2. The largest absolute Gasteiger partial charge is 0.467 e. The lowest BCUT2D eigenvalue weighted by molar-refractivity contribution is -0.143. The molecular formula is C15H25NO4. The van der Waals surface area contributed by atoms with Gasteiger partial charge < -0.3 is 14.8 Å². The monoisotopic (exact) mass is 283 g/mol. The summed E-state index contributed by atoms with van der Waals surface area (Å²) in [6.07, 6.45) is 3.79. The predicted molar refractivity (Wildman–Crippen MR) is 74.1 cm³/mol. The summed E-state index contributed by atoms with van der Waals surface area (Å²) < 4.78 is 9.98. The van der Waals surface area contributed by atoms with Gasteiger partial charge in [0.15, 0.2) is 0 Å². The van der Waals surface area contributed by atoms with Crippen LogP contribution in [0.2, 0.25) is 0 Å². The maximum atomic E-state index is 11.8. The van der Waals surface area contributed by atoms with Crippen LogP contribution in [0.15, 0.2) is 0 Å². The Labute approximate surface area is 120 Å². The van der Waals surface area contributed by atoms with Crippen LogP contribution in [0.3, 0.4) is 0 Å². The topological polar surface area (TPSA) is 64.6 Å². The summed E-state index contributed by atoms with van der Waals surface area (Å²) in [6.45, 7) is 5.39. The first-order valence-corrected chi connectivity index (χ1v) is 7.36. The van der Waals surface area contributed by atoms with Gasteiger partial charge in [0, 0.05) is 0 Å². The molecule has 2 rings (SSSR count). The van der Waals surface area contributed by atoms with E-state index in [9.17, 15) is 9.59 Å². The first-order valence-electron chi connectivity index (χ1n) is 7.36. The minimum Gasteiger partial charge on any atom is -0.467 e. The molecule has 2 saturated carbocycles. The molecule has 1 amide bonds. The van der Waals surface area contributed by atoms with E-state index in [0.29, 0.717) is 12.3 Å². The minimum atomic E-state index is -0.600. The van der Waals surface area contributed by atoms with Gasteiger partial charge in [-0.15, -0.1) is 0 Å². The molecule has 0 aromatic rings. The summed E-state index contributed by atoms with van der Waals surface area (Å²) in [4.78, 5) is 23.6. The SMILES string of the molecule is COC(=O)[C@H](CC1C[C@@H]2C[C@@H]2C1)NC(=O)OC(C)(C)C. The van der Waals surface area contributed by atoms with Crippen LogP contribution in [0, 0.1) is 17.8 Å². The number of hydrogen-bond donors (Lipinski definition) is 1. The molecule has 0 radical (unpaired) electrons. The fraction of sp³-hybridized carbons (Fsp3) is 0.867. The van der Waals surface area contributed by atoms with Crippen LogP contribution < -0.4 is 5.32 Å². The van der Waals surface area contributed by atoms with E-state index in [2.05, 4.69) is 5.32 Å². The molecule has 0 aromatic heterocycles. The Morgan fingerprint density at radius 3 is 2.30 bits per heavy atom. The molecule has 0 aromatic carbocycles. The predicted octanol–water partition coefficient (Wildman–Crippen LogP) is 2.49. The summed E-state index contributed by atoms with van der Waals surface area (Å²) in [6, 6.07) is -0.600. The minimum absolute atomic E-state index is 0.392. The van der Waals surface area contributed by atoms with Crippen LogP contribution in [0.5, 0.6) is 0 Å². The van der Waals surface area contributed by atoms with Gasteiger partial charge in [-0.05, 0) is 64.2 Å². The molecule has 0 bridgehead atoms.